The van der Waals surface area contributed by atoms with Gasteiger partial charge in [-0.15, -0.1) is 0 Å². The molecule has 4 nitrogen and oxygen atoms in total. The minimum absolute atomic E-state index is 0.290. The molecule has 1 aromatic rings. The molecule has 0 bridgehead atoms. The SMILES string of the molecule is CCn1ncc(OC)c1C1CCCC(=O)C1. The highest BCUT2D eigenvalue weighted by molar-refractivity contribution is 5.80. The van der Waals surface area contributed by atoms with Crippen LogP contribution in [0.1, 0.15) is 44.2 Å². The van der Waals surface area contributed by atoms with Crippen molar-refractivity contribution in [1.82, 2.24) is 9.78 Å². The minimum Gasteiger partial charge on any atom is -0.493 e. The fourth-order valence-electron chi connectivity index (χ4n) is 2.46. The van der Waals surface area contributed by atoms with Gasteiger partial charge in [-0.25, -0.2) is 0 Å². The van der Waals surface area contributed by atoms with Gasteiger partial charge in [0.05, 0.1) is 19.0 Å². The van der Waals surface area contributed by atoms with Crippen LogP contribution in [0.15, 0.2) is 6.20 Å². The highest BCUT2D eigenvalue weighted by Crippen LogP contribution is 2.35. The van der Waals surface area contributed by atoms with Crippen molar-refractivity contribution in [3.8, 4) is 5.75 Å². The van der Waals surface area contributed by atoms with Crippen molar-refractivity contribution in [1.29, 1.82) is 0 Å². The fourth-order valence-corrected chi connectivity index (χ4v) is 2.46. The van der Waals surface area contributed by atoms with E-state index in [1.54, 1.807) is 13.3 Å². The molecule has 0 N–H and O–H groups in total. The molecule has 1 saturated carbocycles. The summed E-state index contributed by atoms with van der Waals surface area (Å²) in [5.74, 6) is 1.47. The summed E-state index contributed by atoms with van der Waals surface area (Å²) in [6, 6.07) is 0. The molecule has 16 heavy (non-hydrogen) atoms. The van der Waals surface area contributed by atoms with Crippen molar-refractivity contribution in [2.45, 2.75) is 45.1 Å². The van der Waals surface area contributed by atoms with Crippen LogP contribution in [-0.2, 0) is 11.3 Å². The Morgan fingerprint density at radius 3 is 3.06 bits per heavy atom. The molecule has 1 aliphatic carbocycles. The largest absolute Gasteiger partial charge is 0.493 e. The number of Topliss-reactive ketones (excluding diaryl/α,β-unsaturated/α-hetero) is 1. The van der Waals surface area contributed by atoms with Crippen LogP contribution in [0, 0.1) is 0 Å². The summed E-state index contributed by atoms with van der Waals surface area (Å²) in [6.45, 7) is 2.88. The first kappa shape index (κ1) is 11.2. The molecule has 1 aromatic heterocycles. The number of carbonyl (C=O) groups is 1. The molecule has 0 aliphatic heterocycles. The molecule has 0 amide bonds. The van der Waals surface area contributed by atoms with E-state index in [1.807, 2.05) is 4.68 Å². The highest BCUT2D eigenvalue weighted by Gasteiger charge is 2.26. The standard InChI is InChI=1S/C12H18N2O2/c1-3-14-12(11(16-2)8-13-14)9-5-4-6-10(15)7-9/h8-9H,3-7H2,1-2H3. The molecule has 0 spiro atoms. The number of carbonyl (C=O) groups excluding carboxylic acids is 1. The van der Waals surface area contributed by atoms with Gasteiger partial charge < -0.3 is 4.74 Å². The number of rotatable bonds is 3. The predicted molar refractivity (Wildman–Crippen MR) is 60.7 cm³/mol. The Hall–Kier alpha value is -1.32. The summed E-state index contributed by atoms with van der Waals surface area (Å²) in [6.07, 6.45) is 5.17. The average Bonchev–Trinajstić information content (AvgIpc) is 2.71. The monoisotopic (exact) mass is 222 g/mol. The zero-order chi connectivity index (χ0) is 11.5. The smallest absolute Gasteiger partial charge is 0.160 e. The van der Waals surface area contributed by atoms with Crippen molar-refractivity contribution in [3.05, 3.63) is 11.9 Å². The molecule has 88 valence electrons. The molecule has 1 unspecified atom stereocenters. The van der Waals surface area contributed by atoms with Crippen LogP contribution in [0.3, 0.4) is 0 Å². The Kier molecular flexibility index (Phi) is 3.27. The maximum Gasteiger partial charge on any atom is 0.160 e. The minimum atomic E-state index is 0.290. The predicted octanol–water partition coefficient (Wildman–Crippen LogP) is 2.14. The first-order valence-electron chi connectivity index (χ1n) is 5.87. The normalized spacial score (nSPS) is 21.1. The van der Waals surface area contributed by atoms with Crippen LogP contribution in [0.25, 0.3) is 0 Å². The Morgan fingerprint density at radius 1 is 1.62 bits per heavy atom. The summed E-state index contributed by atoms with van der Waals surface area (Å²) in [4.78, 5) is 11.5. The van der Waals surface area contributed by atoms with E-state index in [4.69, 9.17) is 4.74 Å². The van der Waals surface area contributed by atoms with Gasteiger partial charge in [0.15, 0.2) is 5.75 Å². The molecule has 1 heterocycles. The summed E-state index contributed by atoms with van der Waals surface area (Å²) in [5, 5.41) is 4.29. The van der Waals surface area contributed by atoms with E-state index in [1.165, 1.54) is 0 Å². The second kappa shape index (κ2) is 4.68. The second-order valence-corrected chi connectivity index (χ2v) is 4.25. The third-order valence-electron chi connectivity index (χ3n) is 3.23. The fraction of sp³-hybridized carbons (Fsp3) is 0.667. The topological polar surface area (TPSA) is 44.1 Å². The first-order valence-corrected chi connectivity index (χ1v) is 5.87. The van der Waals surface area contributed by atoms with Crippen LogP contribution in [0.5, 0.6) is 5.75 Å². The number of hydrogen-bond acceptors (Lipinski definition) is 3. The van der Waals surface area contributed by atoms with Gasteiger partial charge in [0.2, 0.25) is 0 Å². The van der Waals surface area contributed by atoms with E-state index in [9.17, 15) is 4.79 Å². The van der Waals surface area contributed by atoms with Crippen LogP contribution in [-0.4, -0.2) is 22.7 Å². The molecule has 4 heteroatoms. The second-order valence-electron chi connectivity index (χ2n) is 4.25. The van der Waals surface area contributed by atoms with E-state index in [-0.39, 0.29) is 0 Å². The van der Waals surface area contributed by atoms with Crippen molar-refractivity contribution < 1.29 is 9.53 Å². The quantitative estimate of drug-likeness (QED) is 0.787. The van der Waals surface area contributed by atoms with Crippen LogP contribution >= 0.6 is 0 Å². The third kappa shape index (κ3) is 1.96. The summed E-state index contributed by atoms with van der Waals surface area (Å²) in [7, 11) is 1.66. The molecular formula is C12H18N2O2. The Labute approximate surface area is 95.6 Å². The van der Waals surface area contributed by atoms with Crippen molar-refractivity contribution in [2.24, 2.45) is 0 Å². The number of methoxy groups -OCH3 is 1. The molecular weight excluding hydrogens is 204 g/mol. The van der Waals surface area contributed by atoms with Gasteiger partial charge in [-0.2, -0.15) is 5.10 Å². The molecule has 1 fully saturated rings. The highest BCUT2D eigenvalue weighted by atomic mass is 16.5. The Balaban J connectivity index is 2.29. The van der Waals surface area contributed by atoms with Crippen molar-refractivity contribution in [2.75, 3.05) is 7.11 Å². The summed E-state index contributed by atoms with van der Waals surface area (Å²) >= 11 is 0. The number of aromatic nitrogens is 2. The van der Waals surface area contributed by atoms with E-state index in [0.29, 0.717) is 18.1 Å². The van der Waals surface area contributed by atoms with Gasteiger partial charge in [-0.3, -0.25) is 9.48 Å². The molecule has 1 aliphatic rings. The molecule has 0 saturated heterocycles. The van der Waals surface area contributed by atoms with Gasteiger partial charge in [-0.05, 0) is 19.8 Å². The number of nitrogens with zero attached hydrogens (tertiary/aromatic N) is 2. The van der Waals surface area contributed by atoms with E-state index >= 15 is 0 Å². The first-order chi connectivity index (χ1) is 7.76. The third-order valence-corrected chi connectivity index (χ3v) is 3.23. The Morgan fingerprint density at radius 2 is 2.44 bits per heavy atom. The lowest BCUT2D eigenvalue weighted by atomic mass is 9.86. The molecule has 0 aromatic carbocycles. The maximum absolute atomic E-state index is 11.5. The van der Waals surface area contributed by atoms with E-state index in [2.05, 4.69) is 12.0 Å². The van der Waals surface area contributed by atoms with Crippen LogP contribution in [0.4, 0.5) is 0 Å². The molecule has 0 radical (unpaired) electrons. The lowest BCUT2D eigenvalue weighted by Gasteiger charge is -2.22. The van der Waals surface area contributed by atoms with Crippen molar-refractivity contribution in [3.63, 3.8) is 0 Å². The summed E-state index contributed by atoms with van der Waals surface area (Å²) < 4.78 is 7.27. The van der Waals surface area contributed by atoms with Gasteiger partial charge in [0.1, 0.15) is 5.78 Å². The summed E-state index contributed by atoms with van der Waals surface area (Å²) in [5.41, 5.74) is 1.10. The lowest BCUT2D eigenvalue weighted by Crippen LogP contribution is -2.17. The average molecular weight is 222 g/mol. The van der Waals surface area contributed by atoms with Crippen molar-refractivity contribution >= 4 is 5.78 Å². The molecule has 2 rings (SSSR count). The van der Waals surface area contributed by atoms with Crippen LogP contribution < -0.4 is 4.74 Å². The molecule has 1 atom stereocenters. The Bertz CT molecular complexity index is 363. The van der Waals surface area contributed by atoms with Gasteiger partial charge in [0.25, 0.3) is 0 Å². The number of ether oxygens (including phenoxy) is 1. The number of aryl methyl sites for hydroxylation is 1. The lowest BCUT2D eigenvalue weighted by molar-refractivity contribution is -0.120. The zero-order valence-electron chi connectivity index (χ0n) is 9.90. The zero-order valence-corrected chi connectivity index (χ0v) is 9.90. The van der Waals surface area contributed by atoms with E-state index < -0.39 is 0 Å². The van der Waals surface area contributed by atoms with Gasteiger partial charge in [-0.1, -0.05) is 0 Å². The number of ketones is 1. The van der Waals surface area contributed by atoms with Gasteiger partial charge >= 0.3 is 0 Å². The van der Waals surface area contributed by atoms with Gasteiger partial charge in [0, 0.05) is 25.3 Å². The van der Waals surface area contributed by atoms with Crippen LogP contribution in [0.2, 0.25) is 0 Å². The maximum atomic E-state index is 11.5. The number of hydrogen-bond donors (Lipinski definition) is 0. The van der Waals surface area contributed by atoms with E-state index in [0.717, 1.165) is 37.3 Å².